The molecular weight excluding hydrogens is 446 g/mol. The maximum absolute atomic E-state index is 12.4. The van der Waals surface area contributed by atoms with Gasteiger partial charge in [0.25, 0.3) is 11.5 Å². The Morgan fingerprint density at radius 1 is 1.15 bits per heavy atom. The highest BCUT2D eigenvalue weighted by Crippen LogP contribution is 2.20. The van der Waals surface area contributed by atoms with Crippen molar-refractivity contribution in [3.05, 3.63) is 63.6 Å². The van der Waals surface area contributed by atoms with Crippen LogP contribution in [0.25, 0.3) is 22.7 Å². The summed E-state index contributed by atoms with van der Waals surface area (Å²) in [4.78, 5) is 56.9. The van der Waals surface area contributed by atoms with Crippen LogP contribution < -0.4 is 16.6 Å². The van der Waals surface area contributed by atoms with Gasteiger partial charge >= 0.3 is 11.9 Å². The highest BCUT2D eigenvalue weighted by Gasteiger charge is 2.21. The Bertz CT molecular complexity index is 1330. The largest absolute Gasteiger partial charge is 0.481 e. The first-order valence-corrected chi connectivity index (χ1v) is 10.0. The van der Waals surface area contributed by atoms with Gasteiger partial charge in [0.2, 0.25) is 5.95 Å². The van der Waals surface area contributed by atoms with Gasteiger partial charge in [-0.1, -0.05) is 12.1 Å². The van der Waals surface area contributed by atoms with Gasteiger partial charge in [-0.15, -0.1) is 0 Å². The van der Waals surface area contributed by atoms with Gasteiger partial charge in [0.15, 0.2) is 5.65 Å². The van der Waals surface area contributed by atoms with Crippen LogP contribution >= 0.6 is 0 Å². The number of carbonyl (C=O) groups is 3. The molecule has 0 aliphatic rings. The number of fused-ring (bicyclic) bond motifs is 1. The molecule has 0 bridgehead atoms. The molecule has 0 fully saturated rings. The highest BCUT2D eigenvalue weighted by molar-refractivity contribution is 5.97. The predicted octanol–water partition coefficient (Wildman–Crippen LogP) is 0.481. The molecule has 1 aromatic carbocycles. The zero-order valence-corrected chi connectivity index (χ0v) is 17.7. The van der Waals surface area contributed by atoms with Gasteiger partial charge in [-0.05, 0) is 47.4 Å². The molecule has 3 aromatic rings. The fraction of sp³-hybridized carbons (Fsp3) is 0.182. The number of rotatable bonds is 9. The lowest BCUT2D eigenvalue weighted by molar-refractivity contribution is -0.140. The zero-order chi connectivity index (χ0) is 24.8. The molecule has 7 N–H and O–H groups in total. The molecule has 12 nitrogen and oxygen atoms in total. The number of nitrogen functional groups attached to an aromatic ring is 1. The smallest absolute Gasteiger partial charge is 0.326 e. The summed E-state index contributed by atoms with van der Waals surface area (Å²) in [6.07, 6.45) is 2.43. The number of aliphatic carboxylic acids is 2. The Hall–Kier alpha value is -4.58. The fourth-order valence-corrected chi connectivity index (χ4v) is 3.16. The zero-order valence-electron chi connectivity index (χ0n) is 17.7. The first-order valence-electron chi connectivity index (χ1n) is 10.0. The molecule has 1 atom stereocenters. The Morgan fingerprint density at radius 3 is 2.44 bits per heavy atom. The molecule has 3 rings (SSSR count). The van der Waals surface area contributed by atoms with Gasteiger partial charge < -0.3 is 26.4 Å². The number of pyridine rings is 1. The van der Waals surface area contributed by atoms with Crippen LogP contribution in [0.2, 0.25) is 0 Å². The molecular formula is C22H21N5O7. The normalized spacial score (nSPS) is 12.3. The minimum atomic E-state index is -1.34. The number of H-pyrrole nitrogens is 1. The number of hydrogen-bond acceptors (Lipinski definition) is 8. The summed E-state index contributed by atoms with van der Waals surface area (Å²) in [5.74, 6) is -3.23. The van der Waals surface area contributed by atoms with E-state index in [0.717, 1.165) is 0 Å². The van der Waals surface area contributed by atoms with Crippen LogP contribution in [0.15, 0.2) is 41.3 Å². The molecule has 2 aromatic heterocycles. The van der Waals surface area contributed by atoms with Crippen molar-refractivity contribution in [1.82, 2.24) is 20.3 Å². The second-order valence-electron chi connectivity index (χ2n) is 7.29. The van der Waals surface area contributed by atoms with Gasteiger partial charge in [-0.3, -0.25) is 19.4 Å². The van der Waals surface area contributed by atoms with Crippen LogP contribution in [0.3, 0.4) is 0 Å². The second-order valence-corrected chi connectivity index (χ2v) is 7.29. The number of carboxylic acids is 2. The van der Waals surface area contributed by atoms with Gasteiger partial charge in [0, 0.05) is 18.2 Å². The predicted molar refractivity (Wildman–Crippen MR) is 122 cm³/mol. The van der Waals surface area contributed by atoms with Gasteiger partial charge in [-0.25, -0.2) is 9.78 Å². The molecule has 0 aliphatic heterocycles. The third kappa shape index (κ3) is 5.81. The number of nitrogens with two attached hydrogens (primary N) is 1. The summed E-state index contributed by atoms with van der Waals surface area (Å²) in [6.45, 7) is -0.351. The third-order valence-corrected chi connectivity index (χ3v) is 4.88. The number of aromatic amines is 1. The molecule has 2 heterocycles. The van der Waals surface area contributed by atoms with Gasteiger partial charge in [-0.2, -0.15) is 4.98 Å². The molecule has 176 valence electrons. The number of nitrogens with zero attached hydrogens (tertiary/aromatic N) is 2. The van der Waals surface area contributed by atoms with E-state index in [2.05, 4.69) is 20.3 Å². The SMILES string of the molecule is Nc1nc2ncc(C=C(CO)c3ccc(C(=O)N[C@@H](CCC(=O)O)C(=O)O)cc3)cc2c(=O)[nH]1. The van der Waals surface area contributed by atoms with Crippen molar-refractivity contribution < 1.29 is 29.7 Å². The van der Waals surface area contributed by atoms with Crippen molar-refractivity contribution in [2.24, 2.45) is 0 Å². The first kappa shape index (κ1) is 24.1. The summed E-state index contributed by atoms with van der Waals surface area (Å²) in [5.41, 5.74) is 6.97. The van der Waals surface area contributed by atoms with Crippen LogP contribution in [-0.4, -0.2) is 60.8 Å². The summed E-state index contributed by atoms with van der Waals surface area (Å²) in [5, 5.41) is 30.3. The number of benzene rings is 1. The number of carboxylic acid groups (broad SMARTS) is 2. The lowest BCUT2D eigenvalue weighted by Gasteiger charge is -2.14. The van der Waals surface area contributed by atoms with E-state index in [0.29, 0.717) is 16.7 Å². The molecule has 0 unspecified atom stereocenters. The van der Waals surface area contributed by atoms with Crippen LogP contribution in [0.5, 0.6) is 0 Å². The van der Waals surface area contributed by atoms with Crippen molar-refractivity contribution in [1.29, 1.82) is 0 Å². The number of aliphatic hydroxyl groups excluding tert-OH is 1. The highest BCUT2D eigenvalue weighted by atomic mass is 16.4. The molecule has 0 radical (unpaired) electrons. The molecule has 1 amide bonds. The average molecular weight is 467 g/mol. The monoisotopic (exact) mass is 467 g/mol. The maximum Gasteiger partial charge on any atom is 0.326 e. The number of carbonyl (C=O) groups excluding carboxylic acids is 1. The van der Waals surface area contributed by atoms with E-state index in [9.17, 15) is 29.4 Å². The van der Waals surface area contributed by atoms with Crippen molar-refractivity contribution in [2.45, 2.75) is 18.9 Å². The average Bonchev–Trinajstić information content (AvgIpc) is 2.80. The molecule has 0 saturated heterocycles. The van der Waals surface area contributed by atoms with E-state index in [1.807, 2.05) is 0 Å². The summed E-state index contributed by atoms with van der Waals surface area (Å²) >= 11 is 0. The fourth-order valence-electron chi connectivity index (χ4n) is 3.16. The van der Waals surface area contributed by atoms with E-state index in [4.69, 9.17) is 10.8 Å². The number of aliphatic hydroxyl groups is 1. The summed E-state index contributed by atoms with van der Waals surface area (Å²) in [6, 6.07) is 6.22. The standard InChI is InChI=1S/C22H21N5O7/c23-22-26-18-15(20(32)27-22)8-11(9-24-18)7-14(10-28)12-1-3-13(4-2-12)19(31)25-16(21(33)34)5-6-17(29)30/h1-4,7-9,16,28H,5-6,10H2,(H,25,31)(H,29,30)(H,33,34)(H3,23,24,26,27,32)/t16-/m0/s1. The second kappa shape index (κ2) is 10.4. The van der Waals surface area contributed by atoms with E-state index in [1.165, 1.54) is 18.3 Å². The quantitative estimate of drug-likeness (QED) is 0.256. The molecule has 0 aliphatic carbocycles. The topological polar surface area (TPSA) is 209 Å². The maximum atomic E-state index is 12.4. The van der Waals surface area contributed by atoms with Gasteiger partial charge in [0.1, 0.15) is 6.04 Å². The number of amides is 1. The Kier molecular flexibility index (Phi) is 7.33. The molecule has 12 heteroatoms. The van der Waals surface area contributed by atoms with Crippen LogP contribution in [0.4, 0.5) is 5.95 Å². The van der Waals surface area contributed by atoms with Crippen molar-refractivity contribution in [3.63, 3.8) is 0 Å². The van der Waals surface area contributed by atoms with Crippen molar-refractivity contribution in [2.75, 3.05) is 12.3 Å². The van der Waals surface area contributed by atoms with E-state index in [1.54, 1.807) is 24.3 Å². The third-order valence-electron chi connectivity index (χ3n) is 4.88. The van der Waals surface area contributed by atoms with E-state index >= 15 is 0 Å². The van der Waals surface area contributed by atoms with Crippen molar-refractivity contribution >= 4 is 46.5 Å². The number of aromatic nitrogens is 3. The number of anilines is 1. The summed E-state index contributed by atoms with van der Waals surface area (Å²) < 4.78 is 0. The minimum Gasteiger partial charge on any atom is -0.481 e. The van der Waals surface area contributed by atoms with E-state index < -0.39 is 35.9 Å². The first-order chi connectivity index (χ1) is 16.2. The molecule has 0 spiro atoms. The lowest BCUT2D eigenvalue weighted by atomic mass is 10.0. The Balaban J connectivity index is 1.80. The number of hydrogen-bond donors (Lipinski definition) is 6. The van der Waals surface area contributed by atoms with Crippen LogP contribution in [0.1, 0.15) is 34.3 Å². The van der Waals surface area contributed by atoms with Gasteiger partial charge in [0.05, 0.1) is 12.0 Å². The molecule has 0 saturated carbocycles. The Morgan fingerprint density at radius 2 is 1.82 bits per heavy atom. The van der Waals surface area contributed by atoms with Crippen molar-refractivity contribution in [3.8, 4) is 0 Å². The van der Waals surface area contributed by atoms with Crippen LogP contribution in [-0.2, 0) is 9.59 Å². The van der Waals surface area contributed by atoms with E-state index in [-0.39, 0.29) is 35.6 Å². The minimum absolute atomic E-state index is 0.0509. The summed E-state index contributed by atoms with van der Waals surface area (Å²) in [7, 11) is 0. The lowest BCUT2D eigenvalue weighted by Crippen LogP contribution is -2.41. The molecule has 34 heavy (non-hydrogen) atoms. The van der Waals surface area contributed by atoms with Crippen LogP contribution in [0, 0.1) is 0 Å². The Labute approximate surface area is 191 Å². The number of nitrogens with one attached hydrogen (secondary N) is 2.